The summed E-state index contributed by atoms with van der Waals surface area (Å²) in [5.41, 5.74) is 2.34. The summed E-state index contributed by atoms with van der Waals surface area (Å²) in [5.74, 6) is 0. The molecule has 0 aromatic carbocycles. The molecule has 2 unspecified atom stereocenters. The van der Waals surface area contributed by atoms with Crippen molar-refractivity contribution in [3.05, 3.63) is 48.0 Å². The van der Waals surface area contributed by atoms with E-state index in [0.717, 1.165) is 38.0 Å². The Kier molecular flexibility index (Phi) is 4.83. The van der Waals surface area contributed by atoms with E-state index < -0.39 is 0 Å². The van der Waals surface area contributed by atoms with Gasteiger partial charge in [0.15, 0.2) is 0 Å². The van der Waals surface area contributed by atoms with Crippen LogP contribution in [0.15, 0.2) is 36.9 Å². The van der Waals surface area contributed by atoms with Gasteiger partial charge in [-0.05, 0) is 31.0 Å². The van der Waals surface area contributed by atoms with Crippen molar-refractivity contribution >= 4 is 0 Å². The molecule has 2 aliphatic heterocycles. The van der Waals surface area contributed by atoms with Gasteiger partial charge < -0.3 is 9.47 Å². The van der Waals surface area contributed by atoms with Crippen molar-refractivity contribution in [3.63, 3.8) is 0 Å². The number of aromatic nitrogens is 3. The quantitative estimate of drug-likeness (QED) is 0.833. The zero-order valence-electron chi connectivity index (χ0n) is 14.8. The topological polar surface area (TPSA) is 52.4 Å². The predicted molar refractivity (Wildman–Crippen MR) is 93.8 cm³/mol. The Morgan fingerprint density at radius 3 is 3.12 bits per heavy atom. The molecule has 0 amide bonds. The predicted octanol–water partition coefficient (Wildman–Crippen LogP) is 2.16. The molecule has 2 aromatic rings. The first-order valence-corrected chi connectivity index (χ1v) is 9.05. The Morgan fingerprint density at radius 1 is 1.36 bits per heavy atom. The number of ether oxygens (including phenoxy) is 2. The summed E-state index contributed by atoms with van der Waals surface area (Å²) in [5, 5.41) is 4.27. The van der Waals surface area contributed by atoms with Crippen LogP contribution in [0.5, 0.6) is 0 Å². The van der Waals surface area contributed by atoms with Crippen molar-refractivity contribution in [2.75, 3.05) is 19.7 Å². The van der Waals surface area contributed by atoms with Crippen LogP contribution in [-0.2, 0) is 29.7 Å². The molecule has 2 saturated heterocycles. The Balaban J connectivity index is 1.31. The van der Waals surface area contributed by atoms with Gasteiger partial charge in [-0.3, -0.25) is 14.6 Å². The van der Waals surface area contributed by atoms with E-state index in [-0.39, 0.29) is 11.7 Å². The number of pyridine rings is 1. The highest BCUT2D eigenvalue weighted by Gasteiger charge is 2.43. The van der Waals surface area contributed by atoms with Gasteiger partial charge >= 0.3 is 0 Å². The Morgan fingerprint density at radius 2 is 2.32 bits per heavy atom. The Labute approximate surface area is 148 Å². The van der Waals surface area contributed by atoms with Crippen molar-refractivity contribution in [2.24, 2.45) is 7.05 Å². The molecule has 0 aliphatic carbocycles. The van der Waals surface area contributed by atoms with Gasteiger partial charge in [-0.25, -0.2) is 0 Å². The molecule has 2 aromatic heterocycles. The summed E-state index contributed by atoms with van der Waals surface area (Å²) in [6.07, 6.45) is 11.2. The third kappa shape index (κ3) is 4.08. The molecule has 0 saturated carbocycles. The van der Waals surface area contributed by atoms with Crippen LogP contribution in [-0.4, -0.2) is 51.1 Å². The van der Waals surface area contributed by atoms with E-state index in [2.05, 4.69) is 27.2 Å². The summed E-state index contributed by atoms with van der Waals surface area (Å²) < 4.78 is 14.2. The zero-order chi connectivity index (χ0) is 17.1. The van der Waals surface area contributed by atoms with Gasteiger partial charge in [0.05, 0.1) is 31.1 Å². The number of nitrogens with zero attached hydrogens (tertiary/aromatic N) is 4. The van der Waals surface area contributed by atoms with E-state index >= 15 is 0 Å². The van der Waals surface area contributed by atoms with Crippen LogP contribution < -0.4 is 0 Å². The van der Waals surface area contributed by atoms with E-state index in [9.17, 15) is 0 Å². The second-order valence-electron chi connectivity index (χ2n) is 7.33. The third-order valence-electron chi connectivity index (χ3n) is 5.17. The average Bonchev–Trinajstić information content (AvgIpc) is 3.20. The fourth-order valence-corrected chi connectivity index (χ4v) is 4.03. The van der Waals surface area contributed by atoms with Gasteiger partial charge in [-0.15, -0.1) is 0 Å². The van der Waals surface area contributed by atoms with Crippen molar-refractivity contribution in [3.8, 4) is 0 Å². The first kappa shape index (κ1) is 16.7. The highest BCUT2D eigenvalue weighted by atomic mass is 16.6. The first-order chi connectivity index (χ1) is 12.2. The molecule has 25 heavy (non-hydrogen) atoms. The number of aryl methyl sites for hydroxylation is 1. The molecule has 6 nitrogen and oxygen atoms in total. The normalized spacial score (nSPS) is 27.2. The lowest BCUT2D eigenvalue weighted by Gasteiger charge is -2.39. The van der Waals surface area contributed by atoms with Crippen LogP contribution in [0.3, 0.4) is 0 Å². The Bertz CT molecular complexity index is 690. The van der Waals surface area contributed by atoms with Crippen LogP contribution in [0.1, 0.15) is 30.4 Å². The molecule has 0 N–H and O–H groups in total. The third-order valence-corrected chi connectivity index (χ3v) is 5.17. The van der Waals surface area contributed by atoms with Gasteiger partial charge in [0, 0.05) is 50.7 Å². The second kappa shape index (κ2) is 7.23. The van der Waals surface area contributed by atoms with E-state index in [4.69, 9.17) is 9.47 Å². The maximum atomic E-state index is 6.25. The SMILES string of the molecule is Cn1cc(CN2CCCC3(CC(OCc4cccnc4)CO3)C2)cn1. The molecule has 4 heterocycles. The minimum atomic E-state index is -0.0416. The summed E-state index contributed by atoms with van der Waals surface area (Å²) in [7, 11) is 1.96. The molecule has 2 aliphatic rings. The minimum absolute atomic E-state index is 0.0416. The molecule has 0 radical (unpaired) electrons. The lowest BCUT2D eigenvalue weighted by molar-refractivity contribution is -0.0548. The second-order valence-corrected chi connectivity index (χ2v) is 7.33. The van der Waals surface area contributed by atoms with Gasteiger partial charge in [0.25, 0.3) is 0 Å². The van der Waals surface area contributed by atoms with Crippen LogP contribution in [0.25, 0.3) is 0 Å². The number of hydrogen-bond donors (Lipinski definition) is 0. The van der Waals surface area contributed by atoms with Gasteiger partial charge in [-0.2, -0.15) is 5.10 Å². The highest BCUT2D eigenvalue weighted by molar-refractivity contribution is 5.07. The molecule has 4 rings (SSSR count). The molecule has 6 heteroatoms. The monoisotopic (exact) mass is 342 g/mol. The van der Waals surface area contributed by atoms with E-state index in [1.165, 1.54) is 12.0 Å². The van der Waals surface area contributed by atoms with Crippen LogP contribution in [0.4, 0.5) is 0 Å². The standard InChI is InChI=1S/C19H26N4O2/c1-22-11-17(10-21-22)12-23-7-3-5-19(15-23)8-18(14-25-19)24-13-16-4-2-6-20-9-16/h2,4,6,9-11,18H,3,5,7-8,12-15H2,1H3. The summed E-state index contributed by atoms with van der Waals surface area (Å²) in [6, 6.07) is 4.00. The lowest BCUT2D eigenvalue weighted by Crippen LogP contribution is -2.47. The summed E-state index contributed by atoms with van der Waals surface area (Å²) in [4.78, 5) is 6.63. The molecule has 1 spiro atoms. The van der Waals surface area contributed by atoms with Gasteiger partial charge in [0.1, 0.15) is 0 Å². The summed E-state index contributed by atoms with van der Waals surface area (Å²) >= 11 is 0. The zero-order valence-corrected chi connectivity index (χ0v) is 14.8. The number of piperidine rings is 1. The minimum Gasteiger partial charge on any atom is -0.371 e. The van der Waals surface area contributed by atoms with Crippen LogP contribution in [0.2, 0.25) is 0 Å². The average molecular weight is 342 g/mol. The largest absolute Gasteiger partial charge is 0.371 e. The number of rotatable bonds is 5. The summed E-state index contributed by atoms with van der Waals surface area (Å²) in [6.45, 7) is 4.36. The van der Waals surface area contributed by atoms with Crippen LogP contribution >= 0.6 is 0 Å². The molecule has 134 valence electrons. The fourth-order valence-electron chi connectivity index (χ4n) is 4.03. The van der Waals surface area contributed by atoms with E-state index in [1.54, 1.807) is 6.20 Å². The van der Waals surface area contributed by atoms with Crippen molar-refractivity contribution in [1.29, 1.82) is 0 Å². The molecule has 2 atom stereocenters. The molecular weight excluding hydrogens is 316 g/mol. The Hall–Kier alpha value is -1.76. The fraction of sp³-hybridized carbons (Fsp3) is 0.579. The lowest BCUT2D eigenvalue weighted by atomic mass is 9.89. The molecule has 2 fully saturated rings. The van der Waals surface area contributed by atoms with Gasteiger partial charge in [0.2, 0.25) is 0 Å². The maximum absolute atomic E-state index is 6.25. The van der Waals surface area contributed by atoms with Crippen LogP contribution in [0, 0.1) is 0 Å². The highest BCUT2D eigenvalue weighted by Crippen LogP contribution is 2.36. The van der Waals surface area contributed by atoms with E-state index in [1.807, 2.05) is 30.2 Å². The molecular formula is C19H26N4O2. The molecule has 0 bridgehead atoms. The first-order valence-electron chi connectivity index (χ1n) is 9.05. The van der Waals surface area contributed by atoms with Gasteiger partial charge in [-0.1, -0.05) is 6.07 Å². The van der Waals surface area contributed by atoms with Crippen molar-refractivity contribution < 1.29 is 9.47 Å². The van der Waals surface area contributed by atoms with Crippen molar-refractivity contribution in [1.82, 2.24) is 19.7 Å². The number of likely N-dealkylation sites (tertiary alicyclic amines) is 1. The maximum Gasteiger partial charge on any atom is 0.0841 e. The number of hydrogen-bond acceptors (Lipinski definition) is 5. The smallest absolute Gasteiger partial charge is 0.0841 e. The van der Waals surface area contributed by atoms with E-state index in [0.29, 0.717) is 13.2 Å². The van der Waals surface area contributed by atoms with Crippen molar-refractivity contribution in [2.45, 2.75) is 44.1 Å².